The van der Waals surface area contributed by atoms with Gasteiger partial charge in [-0.3, -0.25) is 0 Å². The van der Waals surface area contributed by atoms with Crippen molar-refractivity contribution in [2.75, 3.05) is 0 Å². The summed E-state index contributed by atoms with van der Waals surface area (Å²) < 4.78 is 13.6. The Hall–Kier alpha value is -0.790. The molecule has 80 valence electrons. The Morgan fingerprint density at radius 2 is 1.86 bits per heavy atom. The van der Waals surface area contributed by atoms with E-state index in [2.05, 4.69) is 25.8 Å². The molecule has 1 heterocycles. The lowest BCUT2D eigenvalue weighted by Crippen LogP contribution is -2.17. The molecule has 2 heteroatoms. The third-order valence-corrected chi connectivity index (χ3v) is 1.85. The van der Waals surface area contributed by atoms with E-state index in [1.165, 1.54) is 6.39 Å². The highest BCUT2D eigenvalue weighted by Crippen LogP contribution is 2.29. The molecular weight excluding hydrogens is 174 g/mol. The first-order valence-corrected chi connectivity index (χ1v) is 5.00. The van der Waals surface area contributed by atoms with Crippen molar-refractivity contribution in [1.82, 2.24) is 4.98 Å². The monoisotopic (exact) mass is 196 g/mol. The molecule has 1 aromatic rings. The van der Waals surface area contributed by atoms with E-state index in [0.29, 0.717) is 0 Å². The molecule has 1 unspecified atom stereocenters. The summed E-state index contributed by atoms with van der Waals surface area (Å²) in [5.74, 6) is 0.831. The lowest BCUT2D eigenvalue weighted by molar-refractivity contribution is 0.376. The number of rotatable bonds is 1. The second-order valence-corrected chi connectivity index (χ2v) is 5.83. The molecule has 0 spiro atoms. The predicted octanol–water partition coefficient (Wildman–Crippen LogP) is 3.56. The van der Waals surface area contributed by atoms with Crippen molar-refractivity contribution < 1.29 is 5.79 Å². The van der Waals surface area contributed by atoms with E-state index in [4.69, 9.17) is 5.79 Å². The van der Waals surface area contributed by atoms with Gasteiger partial charge in [-0.1, -0.05) is 41.5 Å². The van der Waals surface area contributed by atoms with Gasteiger partial charge in [-0.15, -0.1) is 0 Å². The summed E-state index contributed by atoms with van der Waals surface area (Å²) in [7, 11) is 0. The smallest absolute Gasteiger partial charge is 0.181 e. The number of aromatic nitrogens is 1. The van der Waals surface area contributed by atoms with Crippen LogP contribution in [-0.4, -0.2) is 4.98 Å². The Morgan fingerprint density at radius 3 is 2.29 bits per heavy atom. The van der Waals surface area contributed by atoms with Crippen molar-refractivity contribution >= 4 is 0 Å². The summed E-state index contributed by atoms with van der Waals surface area (Å²) in [6, 6.07) is 0. The summed E-state index contributed by atoms with van der Waals surface area (Å²) in [6.45, 7) is 12.4. The van der Waals surface area contributed by atoms with Crippen molar-refractivity contribution in [2.45, 2.75) is 53.4 Å². The van der Waals surface area contributed by atoms with Gasteiger partial charge in [0.25, 0.3) is 0 Å². The molecule has 0 aliphatic carbocycles. The Kier molecular flexibility index (Phi) is 2.38. The molecular formula is C12H21NO. The molecule has 2 nitrogen and oxygen atoms in total. The third-order valence-electron chi connectivity index (χ3n) is 1.85. The number of nitrogens with zero attached hydrogens (tertiary/aromatic N) is 1. The van der Waals surface area contributed by atoms with E-state index in [1.54, 1.807) is 0 Å². The molecule has 0 saturated carbocycles. The Bertz CT molecular complexity index is 330. The van der Waals surface area contributed by atoms with Crippen LogP contribution in [0, 0.1) is 5.41 Å². The zero-order valence-corrected chi connectivity index (χ0v) is 10.0. The van der Waals surface area contributed by atoms with Gasteiger partial charge >= 0.3 is 0 Å². The van der Waals surface area contributed by atoms with Crippen LogP contribution in [0.25, 0.3) is 0 Å². The molecule has 0 aliphatic rings. The standard InChI is InChI=1S/C12H21NO/c1-11(2,3)7-9-10(12(4,5)6)14-8-13-9/h8H,7H2,1-6H3/i7D. The van der Waals surface area contributed by atoms with Crippen LogP contribution in [0.2, 0.25) is 0 Å². The maximum absolute atomic E-state index is 8.18. The first-order chi connectivity index (χ1) is 6.64. The van der Waals surface area contributed by atoms with Crippen LogP contribution < -0.4 is 0 Å². The molecule has 0 radical (unpaired) electrons. The van der Waals surface area contributed by atoms with Gasteiger partial charge in [0.1, 0.15) is 5.76 Å². The maximum atomic E-state index is 8.18. The molecule has 1 rings (SSSR count). The van der Waals surface area contributed by atoms with Gasteiger partial charge in [0.2, 0.25) is 0 Å². The molecule has 0 fully saturated rings. The van der Waals surface area contributed by atoms with Crippen molar-refractivity contribution in [3.63, 3.8) is 0 Å². The van der Waals surface area contributed by atoms with Gasteiger partial charge in [0.15, 0.2) is 6.39 Å². The highest BCUT2D eigenvalue weighted by molar-refractivity contribution is 5.17. The Morgan fingerprint density at radius 1 is 1.29 bits per heavy atom. The van der Waals surface area contributed by atoms with Crippen LogP contribution in [0.3, 0.4) is 0 Å². The number of hydrogen-bond donors (Lipinski definition) is 0. The van der Waals surface area contributed by atoms with Crippen LogP contribution in [-0.2, 0) is 11.8 Å². The summed E-state index contributed by atoms with van der Waals surface area (Å²) in [5.41, 5.74) is 0.572. The van der Waals surface area contributed by atoms with E-state index in [9.17, 15) is 0 Å². The van der Waals surface area contributed by atoms with Gasteiger partial charge in [-0.2, -0.15) is 0 Å². The fourth-order valence-corrected chi connectivity index (χ4v) is 1.33. The van der Waals surface area contributed by atoms with E-state index >= 15 is 0 Å². The highest BCUT2D eigenvalue weighted by atomic mass is 16.3. The van der Waals surface area contributed by atoms with E-state index in [0.717, 1.165) is 11.5 Å². The molecule has 0 aliphatic heterocycles. The van der Waals surface area contributed by atoms with E-state index in [-0.39, 0.29) is 17.2 Å². The average Bonchev–Trinajstić information content (AvgIpc) is 2.47. The second-order valence-electron chi connectivity index (χ2n) is 5.83. The number of hydrogen-bond acceptors (Lipinski definition) is 2. The van der Waals surface area contributed by atoms with Crippen LogP contribution in [0.15, 0.2) is 10.8 Å². The van der Waals surface area contributed by atoms with Gasteiger partial charge in [-0.25, -0.2) is 4.98 Å². The van der Waals surface area contributed by atoms with Gasteiger partial charge in [0, 0.05) is 6.79 Å². The van der Waals surface area contributed by atoms with Crippen LogP contribution in [0.1, 0.15) is 54.4 Å². The third kappa shape index (κ3) is 2.86. The first kappa shape index (κ1) is 9.75. The average molecular weight is 196 g/mol. The van der Waals surface area contributed by atoms with Crippen molar-refractivity contribution in [3.8, 4) is 0 Å². The minimum Gasteiger partial charge on any atom is -0.448 e. The van der Waals surface area contributed by atoms with Crippen molar-refractivity contribution in [2.24, 2.45) is 5.41 Å². The Balaban J connectivity index is 3.12. The fraction of sp³-hybridized carbons (Fsp3) is 0.750. The SMILES string of the molecule is [2H]C(c1ncoc1C(C)(C)C)C(C)(C)C. The van der Waals surface area contributed by atoms with E-state index in [1.807, 2.05) is 20.8 Å². The van der Waals surface area contributed by atoms with Crippen LogP contribution in [0.4, 0.5) is 0 Å². The van der Waals surface area contributed by atoms with Crippen LogP contribution >= 0.6 is 0 Å². The van der Waals surface area contributed by atoms with Crippen LogP contribution in [0.5, 0.6) is 0 Å². The molecule has 1 atom stereocenters. The zero-order valence-electron chi connectivity index (χ0n) is 11.0. The van der Waals surface area contributed by atoms with Crippen molar-refractivity contribution in [1.29, 1.82) is 0 Å². The minimum atomic E-state index is -0.342. The normalized spacial score (nSPS) is 16.6. The van der Waals surface area contributed by atoms with Gasteiger partial charge in [-0.05, 0) is 11.8 Å². The first-order valence-electron chi connectivity index (χ1n) is 5.58. The molecule has 0 aromatic carbocycles. The molecule has 1 aromatic heterocycles. The van der Waals surface area contributed by atoms with Crippen molar-refractivity contribution in [3.05, 3.63) is 17.8 Å². The molecule has 0 bridgehead atoms. The summed E-state index contributed by atoms with van der Waals surface area (Å²) >= 11 is 0. The molecule has 0 saturated heterocycles. The Labute approximate surface area is 88.1 Å². The summed E-state index contributed by atoms with van der Waals surface area (Å²) in [6.07, 6.45) is 1.11. The predicted molar refractivity (Wildman–Crippen MR) is 58.4 cm³/mol. The fourth-order valence-electron chi connectivity index (χ4n) is 1.33. The molecule has 0 N–H and O–H groups in total. The summed E-state index contributed by atoms with van der Waals surface area (Å²) in [5, 5.41) is 0. The van der Waals surface area contributed by atoms with E-state index < -0.39 is 0 Å². The summed E-state index contributed by atoms with van der Waals surface area (Å²) in [4.78, 5) is 4.19. The quantitative estimate of drug-likeness (QED) is 0.686. The van der Waals surface area contributed by atoms with Gasteiger partial charge in [0.05, 0.1) is 5.69 Å². The number of oxazole rings is 1. The van der Waals surface area contributed by atoms with Gasteiger partial charge < -0.3 is 4.42 Å². The topological polar surface area (TPSA) is 26.0 Å². The molecule has 14 heavy (non-hydrogen) atoms. The highest BCUT2D eigenvalue weighted by Gasteiger charge is 2.25. The minimum absolute atomic E-state index is 0.0869. The second kappa shape index (κ2) is 3.41. The lowest BCUT2D eigenvalue weighted by atomic mass is 9.85. The lowest BCUT2D eigenvalue weighted by Gasteiger charge is -2.21. The zero-order chi connectivity index (χ0) is 11.9. The molecule has 0 amide bonds. The largest absolute Gasteiger partial charge is 0.448 e. The maximum Gasteiger partial charge on any atom is 0.181 e.